The summed E-state index contributed by atoms with van der Waals surface area (Å²) in [6, 6.07) is 7.03. The molecule has 0 aliphatic rings. The van der Waals surface area contributed by atoms with Crippen LogP contribution in [0.3, 0.4) is 0 Å². The lowest BCUT2D eigenvalue weighted by molar-refractivity contribution is -0.127. The molecule has 0 aromatic heterocycles. The second-order valence-corrected chi connectivity index (χ2v) is 5.71. The molecule has 1 aromatic carbocycles. The molecule has 6 heteroatoms. The smallest absolute Gasteiger partial charge is 0.239 e. The Morgan fingerprint density at radius 3 is 2.50 bits per heavy atom. The monoisotopic (exact) mass is 341 g/mol. The lowest BCUT2D eigenvalue weighted by Gasteiger charge is -2.15. The maximum atomic E-state index is 11.6. The summed E-state index contributed by atoms with van der Waals surface area (Å²) >= 11 is 3.41. The highest BCUT2D eigenvalue weighted by Gasteiger charge is 2.17. The topological polar surface area (TPSA) is 84.2 Å². The molecular weight excluding hydrogens is 322 g/mol. The van der Waals surface area contributed by atoms with Crippen LogP contribution in [0.1, 0.15) is 19.4 Å². The molecular formula is C14H20BrN3O2. The summed E-state index contributed by atoms with van der Waals surface area (Å²) in [6.07, 6.45) is 0. The Labute approximate surface area is 127 Å². The fraction of sp³-hybridized carbons (Fsp3) is 0.429. The fourth-order valence-corrected chi connectivity index (χ4v) is 1.91. The number of nitrogens with two attached hydrogens (primary N) is 1. The van der Waals surface area contributed by atoms with E-state index in [1.807, 2.05) is 38.1 Å². The summed E-state index contributed by atoms with van der Waals surface area (Å²) < 4.78 is 0.936. The van der Waals surface area contributed by atoms with Gasteiger partial charge in [-0.05, 0) is 17.5 Å². The predicted octanol–water partition coefficient (Wildman–Crippen LogP) is 1.16. The van der Waals surface area contributed by atoms with Gasteiger partial charge < -0.3 is 16.4 Å². The van der Waals surface area contributed by atoms with Crippen LogP contribution >= 0.6 is 15.9 Å². The van der Waals surface area contributed by atoms with E-state index in [9.17, 15) is 9.59 Å². The lowest BCUT2D eigenvalue weighted by Crippen LogP contribution is -2.47. The van der Waals surface area contributed by atoms with Crippen molar-refractivity contribution in [3.8, 4) is 0 Å². The van der Waals surface area contributed by atoms with Crippen LogP contribution in [0.15, 0.2) is 28.7 Å². The second-order valence-electron chi connectivity index (χ2n) is 4.86. The third-order valence-electron chi connectivity index (χ3n) is 2.88. The van der Waals surface area contributed by atoms with Gasteiger partial charge in [0.25, 0.3) is 0 Å². The van der Waals surface area contributed by atoms with Crippen molar-refractivity contribution in [3.05, 3.63) is 34.3 Å². The number of hydrogen-bond acceptors (Lipinski definition) is 3. The van der Waals surface area contributed by atoms with Gasteiger partial charge in [0, 0.05) is 11.0 Å². The maximum Gasteiger partial charge on any atom is 0.239 e. The summed E-state index contributed by atoms with van der Waals surface area (Å²) in [6.45, 7) is 4.06. The van der Waals surface area contributed by atoms with Crippen LogP contribution in [0, 0.1) is 5.92 Å². The maximum absolute atomic E-state index is 11.6. The molecule has 0 bridgehead atoms. The number of carbonyl (C=O) groups is 2. The molecule has 0 spiro atoms. The van der Waals surface area contributed by atoms with E-state index in [4.69, 9.17) is 5.73 Å². The molecule has 0 saturated heterocycles. The molecule has 1 aromatic rings. The summed E-state index contributed by atoms with van der Waals surface area (Å²) in [5.74, 6) is -0.514. The summed E-state index contributed by atoms with van der Waals surface area (Å²) in [4.78, 5) is 23.2. The normalized spacial score (nSPS) is 12.1. The van der Waals surface area contributed by atoms with Gasteiger partial charge in [0.2, 0.25) is 11.8 Å². The predicted molar refractivity (Wildman–Crippen MR) is 81.8 cm³/mol. The van der Waals surface area contributed by atoms with Crippen molar-refractivity contribution in [2.45, 2.75) is 26.4 Å². The van der Waals surface area contributed by atoms with Gasteiger partial charge in [-0.1, -0.05) is 48.0 Å². The third kappa shape index (κ3) is 5.30. The molecule has 110 valence electrons. The Kier molecular flexibility index (Phi) is 6.67. The minimum Gasteiger partial charge on any atom is -0.350 e. The van der Waals surface area contributed by atoms with Crippen molar-refractivity contribution < 1.29 is 9.59 Å². The van der Waals surface area contributed by atoms with Crippen LogP contribution in [0.5, 0.6) is 0 Å². The third-order valence-corrected chi connectivity index (χ3v) is 3.65. The van der Waals surface area contributed by atoms with Gasteiger partial charge >= 0.3 is 0 Å². The van der Waals surface area contributed by atoms with Crippen molar-refractivity contribution in [1.82, 2.24) is 10.6 Å². The number of nitrogens with one attached hydrogen (secondary N) is 2. The molecule has 20 heavy (non-hydrogen) atoms. The lowest BCUT2D eigenvalue weighted by atomic mass is 10.1. The first-order valence-electron chi connectivity index (χ1n) is 6.45. The highest BCUT2D eigenvalue weighted by Crippen LogP contribution is 2.15. The first-order valence-corrected chi connectivity index (χ1v) is 7.24. The fourth-order valence-electron chi connectivity index (χ4n) is 1.49. The minimum absolute atomic E-state index is 0.0401. The Morgan fingerprint density at radius 2 is 1.90 bits per heavy atom. The van der Waals surface area contributed by atoms with E-state index in [-0.39, 0.29) is 24.3 Å². The van der Waals surface area contributed by atoms with Crippen LogP contribution in [0.4, 0.5) is 0 Å². The van der Waals surface area contributed by atoms with E-state index in [0.717, 1.165) is 10.0 Å². The van der Waals surface area contributed by atoms with E-state index >= 15 is 0 Å². The van der Waals surface area contributed by atoms with Gasteiger partial charge in [0.1, 0.15) is 0 Å². The van der Waals surface area contributed by atoms with Crippen molar-refractivity contribution in [2.75, 3.05) is 6.54 Å². The molecule has 5 nitrogen and oxygen atoms in total. The Morgan fingerprint density at radius 1 is 1.25 bits per heavy atom. The molecule has 1 atom stereocenters. The van der Waals surface area contributed by atoms with E-state index < -0.39 is 6.04 Å². The van der Waals surface area contributed by atoms with Crippen molar-refractivity contribution >= 4 is 27.7 Å². The number of rotatable bonds is 6. The van der Waals surface area contributed by atoms with E-state index in [0.29, 0.717) is 6.54 Å². The zero-order valence-corrected chi connectivity index (χ0v) is 13.2. The number of carbonyl (C=O) groups excluding carboxylic acids is 2. The zero-order chi connectivity index (χ0) is 15.1. The molecule has 4 N–H and O–H groups in total. The van der Waals surface area contributed by atoms with Crippen LogP contribution in [0.25, 0.3) is 0 Å². The van der Waals surface area contributed by atoms with Gasteiger partial charge in [0.15, 0.2) is 0 Å². The highest BCUT2D eigenvalue weighted by molar-refractivity contribution is 9.10. The standard InChI is InChI=1S/C14H20BrN3O2/c1-9(2)13(16)14(20)18-8-12(19)17-7-10-5-3-4-6-11(10)15/h3-6,9,13H,7-8,16H2,1-2H3,(H,17,19)(H,18,20)/t13-/m0/s1. The average Bonchev–Trinajstić information content (AvgIpc) is 2.42. The first-order chi connectivity index (χ1) is 9.41. The van der Waals surface area contributed by atoms with E-state index in [1.165, 1.54) is 0 Å². The Hall–Kier alpha value is -1.40. The van der Waals surface area contributed by atoms with Gasteiger partial charge in [0.05, 0.1) is 12.6 Å². The molecule has 0 fully saturated rings. The van der Waals surface area contributed by atoms with Gasteiger partial charge in [-0.25, -0.2) is 0 Å². The SMILES string of the molecule is CC(C)[C@H](N)C(=O)NCC(=O)NCc1ccccc1Br. The number of amides is 2. The van der Waals surface area contributed by atoms with Crippen molar-refractivity contribution in [1.29, 1.82) is 0 Å². The Balaban J connectivity index is 2.35. The van der Waals surface area contributed by atoms with Gasteiger partial charge in [-0.2, -0.15) is 0 Å². The molecule has 0 aliphatic heterocycles. The van der Waals surface area contributed by atoms with Crippen molar-refractivity contribution in [2.24, 2.45) is 11.7 Å². The van der Waals surface area contributed by atoms with E-state index in [2.05, 4.69) is 26.6 Å². The first kappa shape index (κ1) is 16.7. The molecule has 0 aliphatic carbocycles. The average molecular weight is 342 g/mol. The van der Waals surface area contributed by atoms with E-state index in [1.54, 1.807) is 0 Å². The molecule has 0 heterocycles. The highest BCUT2D eigenvalue weighted by atomic mass is 79.9. The minimum atomic E-state index is -0.592. The zero-order valence-electron chi connectivity index (χ0n) is 11.7. The second kappa shape index (κ2) is 8.01. The largest absolute Gasteiger partial charge is 0.350 e. The molecule has 1 rings (SSSR count). The summed E-state index contributed by atoms with van der Waals surface area (Å²) in [5.41, 5.74) is 6.66. The van der Waals surface area contributed by atoms with Crippen LogP contribution in [0.2, 0.25) is 0 Å². The van der Waals surface area contributed by atoms with Crippen LogP contribution in [-0.4, -0.2) is 24.4 Å². The van der Waals surface area contributed by atoms with Gasteiger partial charge in [-0.3, -0.25) is 9.59 Å². The number of halogens is 1. The van der Waals surface area contributed by atoms with Crippen LogP contribution in [-0.2, 0) is 16.1 Å². The van der Waals surface area contributed by atoms with Gasteiger partial charge in [-0.15, -0.1) is 0 Å². The van der Waals surface area contributed by atoms with Crippen molar-refractivity contribution in [3.63, 3.8) is 0 Å². The van der Waals surface area contributed by atoms with Crippen LogP contribution < -0.4 is 16.4 Å². The molecule has 0 unspecified atom stereocenters. The molecule has 2 amide bonds. The summed E-state index contributed by atoms with van der Waals surface area (Å²) in [7, 11) is 0. The molecule has 0 radical (unpaired) electrons. The summed E-state index contributed by atoms with van der Waals surface area (Å²) in [5, 5.41) is 5.27. The molecule has 0 saturated carbocycles. The number of hydrogen-bond donors (Lipinski definition) is 3. The number of benzene rings is 1. The Bertz CT molecular complexity index is 477. The quantitative estimate of drug-likeness (QED) is 0.726.